The van der Waals surface area contributed by atoms with Gasteiger partial charge in [0.1, 0.15) is 17.2 Å². The molecule has 106 valence electrons. The lowest BCUT2D eigenvalue weighted by atomic mass is 10.1. The fraction of sp³-hybridized carbons (Fsp3) is 0.250. The van der Waals surface area contributed by atoms with Crippen molar-refractivity contribution in [2.45, 2.75) is 13.3 Å². The van der Waals surface area contributed by atoms with Gasteiger partial charge in [0, 0.05) is 10.6 Å². The average molecular weight is 292 g/mol. The fourth-order valence-electron chi connectivity index (χ4n) is 1.92. The molecule has 0 atom stereocenters. The molecule has 0 heterocycles. The molecule has 3 nitrogen and oxygen atoms in total. The van der Waals surface area contributed by atoms with Crippen LogP contribution in [0.25, 0.3) is 0 Å². The maximum atomic E-state index is 6.19. The first-order valence-electron chi connectivity index (χ1n) is 6.62. The Morgan fingerprint density at radius 3 is 2.40 bits per heavy atom. The third kappa shape index (κ3) is 3.65. The van der Waals surface area contributed by atoms with Crippen LogP contribution in [0.5, 0.6) is 17.2 Å². The third-order valence-corrected chi connectivity index (χ3v) is 3.19. The first-order chi connectivity index (χ1) is 9.74. The van der Waals surface area contributed by atoms with E-state index >= 15 is 0 Å². The van der Waals surface area contributed by atoms with Gasteiger partial charge in [0.25, 0.3) is 0 Å². The minimum atomic E-state index is 0.531. The summed E-state index contributed by atoms with van der Waals surface area (Å²) in [7, 11) is 0. The van der Waals surface area contributed by atoms with E-state index in [9.17, 15) is 0 Å². The highest BCUT2D eigenvalue weighted by atomic mass is 35.5. The van der Waals surface area contributed by atoms with Crippen LogP contribution in [0.3, 0.4) is 0 Å². The Morgan fingerprint density at radius 2 is 1.75 bits per heavy atom. The highest BCUT2D eigenvalue weighted by Gasteiger charge is 2.08. The molecule has 2 rings (SSSR count). The molecular formula is C16H18ClNO2. The molecule has 0 fully saturated rings. The lowest BCUT2D eigenvalue weighted by Gasteiger charge is -2.12. The van der Waals surface area contributed by atoms with E-state index < -0.39 is 0 Å². The van der Waals surface area contributed by atoms with Crippen LogP contribution in [0.4, 0.5) is 0 Å². The van der Waals surface area contributed by atoms with E-state index in [0.29, 0.717) is 24.6 Å². The fourth-order valence-corrected chi connectivity index (χ4v) is 2.18. The molecular weight excluding hydrogens is 274 g/mol. The Balaban J connectivity index is 2.19. The van der Waals surface area contributed by atoms with Gasteiger partial charge in [0.15, 0.2) is 0 Å². The maximum Gasteiger partial charge on any atom is 0.132 e. The van der Waals surface area contributed by atoms with E-state index in [0.717, 1.165) is 22.8 Å². The van der Waals surface area contributed by atoms with Crippen LogP contribution in [0.15, 0.2) is 42.5 Å². The second-order valence-corrected chi connectivity index (χ2v) is 4.67. The number of hydrogen-bond donors (Lipinski definition) is 1. The zero-order valence-corrected chi connectivity index (χ0v) is 12.2. The Bertz CT molecular complexity index is 555. The lowest BCUT2D eigenvalue weighted by Crippen LogP contribution is -2.04. The summed E-state index contributed by atoms with van der Waals surface area (Å²) in [6, 6.07) is 13.1. The van der Waals surface area contributed by atoms with Crippen molar-refractivity contribution in [2.75, 3.05) is 13.2 Å². The van der Waals surface area contributed by atoms with Crippen LogP contribution in [-0.2, 0) is 6.42 Å². The molecule has 0 aliphatic rings. The van der Waals surface area contributed by atoms with Gasteiger partial charge in [0.2, 0.25) is 0 Å². The van der Waals surface area contributed by atoms with Crippen molar-refractivity contribution >= 4 is 11.6 Å². The van der Waals surface area contributed by atoms with Crippen LogP contribution in [0, 0.1) is 0 Å². The number of hydrogen-bond acceptors (Lipinski definition) is 3. The first kappa shape index (κ1) is 14.7. The van der Waals surface area contributed by atoms with E-state index in [2.05, 4.69) is 0 Å². The van der Waals surface area contributed by atoms with Crippen molar-refractivity contribution in [2.24, 2.45) is 5.73 Å². The molecule has 2 aromatic rings. The van der Waals surface area contributed by atoms with Crippen molar-refractivity contribution < 1.29 is 9.47 Å². The number of halogens is 1. The Morgan fingerprint density at radius 1 is 1.05 bits per heavy atom. The molecule has 20 heavy (non-hydrogen) atoms. The van der Waals surface area contributed by atoms with Crippen LogP contribution < -0.4 is 15.2 Å². The van der Waals surface area contributed by atoms with E-state index in [1.54, 1.807) is 0 Å². The Kier molecular flexibility index (Phi) is 5.27. The summed E-state index contributed by atoms with van der Waals surface area (Å²) in [6.45, 7) is 3.13. The van der Waals surface area contributed by atoms with Crippen molar-refractivity contribution in [3.63, 3.8) is 0 Å². The van der Waals surface area contributed by atoms with E-state index in [4.69, 9.17) is 26.8 Å². The van der Waals surface area contributed by atoms with Gasteiger partial charge in [-0.2, -0.15) is 0 Å². The molecule has 0 amide bonds. The average Bonchev–Trinajstić information content (AvgIpc) is 2.45. The minimum absolute atomic E-state index is 0.531. The molecule has 0 bridgehead atoms. The summed E-state index contributed by atoms with van der Waals surface area (Å²) < 4.78 is 11.3. The zero-order valence-electron chi connectivity index (χ0n) is 11.4. The summed E-state index contributed by atoms with van der Waals surface area (Å²) in [5.41, 5.74) is 6.55. The highest BCUT2D eigenvalue weighted by molar-refractivity contribution is 6.31. The van der Waals surface area contributed by atoms with Crippen LogP contribution >= 0.6 is 11.6 Å². The monoisotopic (exact) mass is 291 g/mol. The van der Waals surface area contributed by atoms with Gasteiger partial charge in [0.05, 0.1) is 6.61 Å². The molecule has 0 aliphatic heterocycles. The molecule has 0 aromatic heterocycles. The lowest BCUT2D eigenvalue weighted by molar-refractivity contribution is 0.339. The Hall–Kier alpha value is -1.71. The molecule has 0 unspecified atom stereocenters. The zero-order chi connectivity index (χ0) is 14.4. The summed E-state index contributed by atoms with van der Waals surface area (Å²) in [6.07, 6.45) is 0.687. The van der Waals surface area contributed by atoms with E-state index in [1.165, 1.54) is 0 Å². The summed E-state index contributed by atoms with van der Waals surface area (Å²) in [5, 5.41) is 0.680. The molecule has 2 aromatic carbocycles. The van der Waals surface area contributed by atoms with Crippen molar-refractivity contribution in [1.29, 1.82) is 0 Å². The summed E-state index contributed by atoms with van der Waals surface area (Å²) in [4.78, 5) is 0. The smallest absolute Gasteiger partial charge is 0.132 e. The van der Waals surface area contributed by atoms with Gasteiger partial charge in [-0.3, -0.25) is 0 Å². The molecule has 4 heteroatoms. The van der Waals surface area contributed by atoms with Crippen molar-refractivity contribution in [3.8, 4) is 17.2 Å². The van der Waals surface area contributed by atoms with E-state index in [1.807, 2.05) is 49.4 Å². The number of nitrogens with two attached hydrogens (primary N) is 1. The number of rotatable bonds is 6. The van der Waals surface area contributed by atoms with Gasteiger partial charge in [-0.1, -0.05) is 17.7 Å². The molecule has 0 spiro atoms. The molecule has 0 aliphatic carbocycles. The number of ether oxygens (including phenoxy) is 2. The van der Waals surface area contributed by atoms with Crippen LogP contribution in [-0.4, -0.2) is 13.2 Å². The topological polar surface area (TPSA) is 44.5 Å². The van der Waals surface area contributed by atoms with Gasteiger partial charge in [-0.05, 0) is 56.3 Å². The molecule has 0 radical (unpaired) electrons. The largest absolute Gasteiger partial charge is 0.494 e. The van der Waals surface area contributed by atoms with Gasteiger partial charge in [-0.25, -0.2) is 0 Å². The third-order valence-electron chi connectivity index (χ3n) is 2.83. The predicted molar refractivity (Wildman–Crippen MR) is 81.9 cm³/mol. The van der Waals surface area contributed by atoms with Crippen molar-refractivity contribution in [1.82, 2.24) is 0 Å². The van der Waals surface area contributed by atoms with Gasteiger partial charge in [-0.15, -0.1) is 0 Å². The van der Waals surface area contributed by atoms with Crippen LogP contribution in [0.1, 0.15) is 12.5 Å². The predicted octanol–water partition coefficient (Wildman–Crippen LogP) is 4.03. The second-order valence-electron chi connectivity index (χ2n) is 4.26. The Labute approximate surface area is 124 Å². The molecule has 0 saturated carbocycles. The summed E-state index contributed by atoms with van der Waals surface area (Å²) >= 11 is 6.19. The normalized spacial score (nSPS) is 10.3. The first-order valence-corrected chi connectivity index (χ1v) is 7.00. The SMILES string of the molecule is CCOc1ccc(Oc2cccc(Cl)c2CCN)cc1. The highest BCUT2D eigenvalue weighted by Crippen LogP contribution is 2.31. The standard InChI is InChI=1S/C16H18ClNO2/c1-2-19-12-6-8-13(9-7-12)20-16-5-3-4-15(17)14(16)10-11-18/h3-9H,2,10-11,18H2,1H3. The van der Waals surface area contributed by atoms with E-state index in [-0.39, 0.29) is 0 Å². The van der Waals surface area contributed by atoms with Crippen molar-refractivity contribution in [3.05, 3.63) is 53.1 Å². The van der Waals surface area contributed by atoms with Crippen LogP contribution in [0.2, 0.25) is 5.02 Å². The quantitative estimate of drug-likeness (QED) is 0.874. The summed E-state index contributed by atoms with van der Waals surface area (Å²) in [5.74, 6) is 2.31. The van der Waals surface area contributed by atoms with Gasteiger partial charge >= 0.3 is 0 Å². The molecule has 0 saturated heterocycles. The number of benzene rings is 2. The maximum absolute atomic E-state index is 6.19. The molecule has 2 N–H and O–H groups in total. The minimum Gasteiger partial charge on any atom is -0.494 e. The second kappa shape index (κ2) is 7.17. The van der Waals surface area contributed by atoms with Gasteiger partial charge < -0.3 is 15.2 Å².